The van der Waals surface area contributed by atoms with Crippen molar-refractivity contribution in [3.8, 4) is 11.5 Å². The van der Waals surface area contributed by atoms with E-state index >= 15 is 0 Å². The van der Waals surface area contributed by atoms with Crippen molar-refractivity contribution in [2.75, 3.05) is 12.4 Å². The minimum atomic E-state index is 0.213. The van der Waals surface area contributed by atoms with Crippen molar-refractivity contribution < 1.29 is 0 Å². The molecule has 0 spiro atoms. The molecule has 0 aliphatic carbocycles. The molecule has 0 saturated carbocycles. The van der Waals surface area contributed by atoms with E-state index in [-0.39, 0.29) is 6.04 Å². The third-order valence-corrected chi connectivity index (χ3v) is 2.22. The molecule has 2 heterocycles. The van der Waals surface area contributed by atoms with E-state index in [1.165, 1.54) is 0 Å². The second-order valence-corrected chi connectivity index (χ2v) is 3.70. The van der Waals surface area contributed by atoms with Gasteiger partial charge in [-0.3, -0.25) is 0 Å². The lowest BCUT2D eigenvalue weighted by atomic mass is 10.3. The normalized spacial score (nSPS) is 10.8. The molecule has 2 aromatic heterocycles. The van der Waals surface area contributed by atoms with Crippen molar-refractivity contribution in [1.29, 1.82) is 0 Å². The second kappa shape index (κ2) is 4.26. The Morgan fingerprint density at radius 3 is 2.81 bits per heavy atom. The van der Waals surface area contributed by atoms with E-state index in [0.717, 1.165) is 11.5 Å². The summed E-state index contributed by atoms with van der Waals surface area (Å²) in [6.45, 7) is 4.06. The van der Waals surface area contributed by atoms with Crippen molar-refractivity contribution in [3.63, 3.8) is 0 Å². The van der Waals surface area contributed by atoms with Gasteiger partial charge in [0.05, 0.1) is 6.04 Å². The Labute approximate surface area is 93.7 Å². The van der Waals surface area contributed by atoms with Crippen LogP contribution < -0.4 is 5.32 Å². The number of nitrogens with zero attached hydrogens (tertiary/aromatic N) is 5. The molecule has 6 nitrogen and oxygen atoms in total. The van der Waals surface area contributed by atoms with Gasteiger partial charge >= 0.3 is 0 Å². The minimum Gasteiger partial charge on any atom is -0.373 e. The molecule has 0 unspecified atom stereocenters. The van der Waals surface area contributed by atoms with E-state index < -0.39 is 0 Å². The van der Waals surface area contributed by atoms with Gasteiger partial charge in [-0.2, -0.15) is 0 Å². The lowest BCUT2D eigenvalue weighted by molar-refractivity contribution is 0.518. The lowest BCUT2D eigenvalue weighted by Gasteiger charge is -2.07. The molecule has 0 radical (unpaired) electrons. The molecule has 0 aliphatic heterocycles. The summed E-state index contributed by atoms with van der Waals surface area (Å²) < 4.78 is 1.75. The average molecular weight is 218 g/mol. The SMILES string of the molecule is CNc1cccc(-c2nnnn2C(C)C)n1. The first-order chi connectivity index (χ1) is 7.72. The topological polar surface area (TPSA) is 68.5 Å². The fourth-order valence-electron chi connectivity index (χ4n) is 1.41. The summed E-state index contributed by atoms with van der Waals surface area (Å²) in [6.07, 6.45) is 0. The number of nitrogens with one attached hydrogen (secondary N) is 1. The molecule has 0 atom stereocenters. The first-order valence-corrected chi connectivity index (χ1v) is 5.15. The number of rotatable bonds is 3. The number of pyridine rings is 1. The van der Waals surface area contributed by atoms with Crippen LogP contribution in [0.3, 0.4) is 0 Å². The highest BCUT2D eigenvalue weighted by molar-refractivity contribution is 5.52. The van der Waals surface area contributed by atoms with Crippen LogP contribution in [0.15, 0.2) is 18.2 Å². The molecule has 1 N–H and O–H groups in total. The van der Waals surface area contributed by atoms with Crippen molar-refractivity contribution in [1.82, 2.24) is 25.2 Å². The van der Waals surface area contributed by atoms with E-state index in [2.05, 4.69) is 25.8 Å². The predicted octanol–water partition coefficient (Wildman–Crippen LogP) is 1.36. The maximum Gasteiger partial charge on any atom is 0.200 e. The number of tetrazole rings is 1. The molecule has 2 rings (SSSR count). The zero-order chi connectivity index (χ0) is 11.5. The van der Waals surface area contributed by atoms with E-state index in [1.807, 2.05) is 39.1 Å². The van der Waals surface area contributed by atoms with Gasteiger partial charge in [0.25, 0.3) is 0 Å². The standard InChI is InChI=1S/C10H14N6/c1-7(2)16-10(13-14-15-16)8-5-4-6-9(11-3)12-8/h4-7H,1-3H3,(H,11,12). The van der Waals surface area contributed by atoms with Crippen molar-refractivity contribution >= 4 is 5.82 Å². The van der Waals surface area contributed by atoms with Gasteiger partial charge in [0.1, 0.15) is 11.5 Å². The van der Waals surface area contributed by atoms with Crippen molar-refractivity contribution in [3.05, 3.63) is 18.2 Å². The zero-order valence-corrected chi connectivity index (χ0v) is 9.55. The summed E-state index contributed by atoms with van der Waals surface area (Å²) in [6, 6.07) is 5.93. The summed E-state index contributed by atoms with van der Waals surface area (Å²) in [5.74, 6) is 1.49. The van der Waals surface area contributed by atoms with Gasteiger partial charge in [-0.1, -0.05) is 6.07 Å². The zero-order valence-electron chi connectivity index (χ0n) is 9.55. The molecule has 0 aromatic carbocycles. The second-order valence-electron chi connectivity index (χ2n) is 3.70. The lowest BCUT2D eigenvalue weighted by Crippen LogP contribution is -2.06. The number of hydrogen-bond acceptors (Lipinski definition) is 5. The highest BCUT2D eigenvalue weighted by Crippen LogP contribution is 2.17. The Morgan fingerprint density at radius 2 is 2.12 bits per heavy atom. The van der Waals surface area contributed by atoms with Crippen LogP contribution in [0.4, 0.5) is 5.82 Å². The fourth-order valence-corrected chi connectivity index (χ4v) is 1.41. The van der Waals surface area contributed by atoms with E-state index in [4.69, 9.17) is 0 Å². The van der Waals surface area contributed by atoms with Crippen molar-refractivity contribution in [2.45, 2.75) is 19.9 Å². The summed E-state index contributed by atoms with van der Waals surface area (Å²) in [4.78, 5) is 4.40. The molecule has 16 heavy (non-hydrogen) atoms. The molecular weight excluding hydrogens is 204 g/mol. The van der Waals surface area contributed by atoms with Crippen LogP contribution in [0.25, 0.3) is 11.5 Å². The first-order valence-electron chi connectivity index (χ1n) is 5.15. The summed E-state index contributed by atoms with van der Waals surface area (Å²) >= 11 is 0. The van der Waals surface area contributed by atoms with Gasteiger partial charge in [0.2, 0.25) is 5.82 Å². The van der Waals surface area contributed by atoms with Crippen LogP contribution in [-0.4, -0.2) is 32.2 Å². The van der Waals surface area contributed by atoms with Gasteiger partial charge in [-0.25, -0.2) is 9.67 Å². The Balaban J connectivity index is 2.46. The Morgan fingerprint density at radius 1 is 1.31 bits per heavy atom. The van der Waals surface area contributed by atoms with Crippen LogP contribution in [-0.2, 0) is 0 Å². The summed E-state index contributed by atoms with van der Waals surface area (Å²) in [5.41, 5.74) is 0.769. The molecule has 2 aromatic rings. The van der Waals surface area contributed by atoms with E-state index in [1.54, 1.807) is 4.68 Å². The highest BCUT2D eigenvalue weighted by Gasteiger charge is 2.12. The van der Waals surface area contributed by atoms with E-state index in [9.17, 15) is 0 Å². The molecule has 0 amide bonds. The molecule has 0 aliphatic rings. The largest absolute Gasteiger partial charge is 0.373 e. The van der Waals surface area contributed by atoms with Gasteiger partial charge in [0, 0.05) is 7.05 Å². The number of aromatic nitrogens is 5. The quantitative estimate of drug-likeness (QED) is 0.842. The smallest absolute Gasteiger partial charge is 0.200 e. The van der Waals surface area contributed by atoms with Crippen LogP contribution in [0.5, 0.6) is 0 Å². The summed E-state index contributed by atoms with van der Waals surface area (Å²) in [7, 11) is 1.83. The van der Waals surface area contributed by atoms with Crippen molar-refractivity contribution in [2.24, 2.45) is 0 Å². The maximum absolute atomic E-state index is 4.40. The molecule has 0 fully saturated rings. The average Bonchev–Trinajstić information content (AvgIpc) is 2.78. The third kappa shape index (κ3) is 1.86. The molecule has 84 valence electrons. The Kier molecular flexibility index (Phi) is 2.80. The highest BCUT2D eigenvalue weighted by atomic mass is 15.5. The number of hydrogen-bond donors (Lipinski definition) is 1. The van der Waals surface area contributed by atoms with E-state index in [0.29, 0.717) is 5.82 Å². The molecular formula is C10H14N6. The Hall–Kier alpha value is -1.98. The number of anilines is 1. The van der Waals surface area contributed by atoms with Crippen LogP contribution in [0.2, 0.25) is 0 Å². The van der Waals surface area contributed by atoms with Gasteiger partial charge in [-0.15, -0.1) is 5.10 Å². The first kappa shape index (κ1) is 10.5. The minimum absolute atomic E-state index is 0.213. The van der Waals surface area contributed by atoms with Gasteiger partial charge in [-0.05, 0) is 36.4 Å². The third-order valence-electron chi connectivity index (χ3n) is 2.22. The Bertz CT molecular complexity index is 476. The molecule has 0 saturated heterocycles. The predicted molar refractivity (Wildman–Crippen MR) is 61.0 cm³/mol. The van der Waals surface area contributed by atoms with Gasteiger partial charge in [0.15, 0.2) is 0 Å². The van der Waals surface area contributed by atoms with Crippen LogP contribution in [0, 0.1) is 0 Å². The summed E-state index contributed by atoms with van der Waals surface area (Å²) in [5, 5.41) is 14.6. The maximum atomic E-state index is 4.40. The van der Waals surface area contributed by atoms with Crippen LogP contribution in [0.1, 0.15) is 19.9 Å². The molecule has 0 bridgehead atoms. The monoisotopic (exact) mass is 218 g/mol. The molecule has 6 heteroatoms. The van der Waals surface area contributed by atoms with Crippen LogP contribution >= 0.6 is 0 Å². The van der Waals surface area contributed by atoms with Gasteiger partial charge < -0.3 is 5.32 Å². The fraction of sp³-hybridized carbons (Fsp3) is 0.400.